The second-order valence-corrected chi connectivity index (χ2v) is 4.29. The Balaban J connectivity index is 2.48. The van der Waals surface area contributed by atoms with Crippen molar-refractivity contribution in [3.63, 3.8) is 0 Å². The third-order valence-electron chi connectivity index (χ3n) is 2.77. The Hall–Kier alpha value is -0.550. The number of hydrogen-bond acceptors (Lipinski definition) is 2. The minimum Gasteiger partial charge on any atom is -0.285 e. The molecule has 0 spiro atoms. The molecular weight excluding hydrogens is 160 g/mol. The summed E-state index contributed by atoms with van der Waals surface area (Å²) in [6.45, 7) is 7.59. The largest absolute Gasteiger partial charge is 0.285 e. The maximum absolute atomic E-state index is 8.99. The van der Waals surface area contributed by atoms with Crippen LogP contribution in [0.1, 0.15) is 40.0 Å². The first kappa shape index (κ1) is 10.5. The lowest BCUT2D eigenvalue weighted by atomic mass is 10.1. The van der Waals surface area contributed by atoms with E-state index >= 15 is 0 Å². The highest BCUT2D eigenvalue weighted by Crippen LogP contribution is 2.31. The molecule has 0 aromatic rings. The molecule has 2 heteroatoms. The summed E-state index contributed by atoms with van der Waals surface area (Å²) in [6, 6.07) is 3.02. The minimum absolute atomic E-state index is 0.126. The van der Waals surface area contributed by atoms with Crippen molar-refractivity contribution in [2.75, 3.05) is 6.54 Å². The lowest BCUT2D eigenvalue weighted by molar-refractivity contribution is 0.174. The van der Waals surface area contributed by atoms with Crippen molar-refractivity contribution in [1.29, 1.82) is 5.26 Å². The van der Waals surface area contributed by atoms with Crippen molar-refractivity contribution in [2.24, 2.45) is 5.92 Å². The molecule has 0 heterocycles. The highest BCUT2D eigenvalue weighted by Gasteiger charge is 2.28. The zero-order valence-electron chi connectivity index (χ0n) is 8.95. The summed E-state index contributed by atoms with van der Waals surface area (Å²) in [5.41, 5.74) is 0. The Bertz CT molecular complexity index is 189. The van der Waals surface area contributed by atoms with Crippen molar-refractivity contribution in [1.82, 2.24) is 4.90 Å². The van der Waals surface area contributed by atoms with Gasteiger partial charge in [0, 0.05) is 12.6 Å². The van der Waals surface area contributed by atoms with Gasteiger partial charge in [0.05, 0.1) is 12.1 Å². The summed E-state index contributed by atoms with van der Waals surface area (Å²) in [6.07, 6.45) is 3.68. The smallest absolute Gasteiger partial charge is 0.0977 e. The first-order chi connectivity index (χ1) is 6.19. The average Bonchev–Trinajstić information content (AvgIpc) is 2.88. The van der Waals surface area contributed by atoms with Crippen molar-refractivity contribution < 1.29 is 0 Å². The van der Waals surface area contributed by atoms with Crippen LogP contribution in [0.2, 0.25) is 0 Å². The van der Waals surface area contributed by atoms with Gasteiger partial charge in [0.2, 0.25) is 0 Å². The fourth-order valence-corrected chi connectivity index (χ4v) is 1.70. The second-order valence-electron chi connectivity index (χ2n) is 4.29. The van der Waals surface area contributed by atoms with E-state index in [0.29, 0.717) is 6.04 Å². The van der Waals surface area contributed by atoms with Crippen LogP contribution in [-0.2, 0) is 0 Å². The maximum Gasteiger partial charge on any atom is 0.0977 e. The minimum atomic E-state index is 0.126. The maximum atomic E-state index is 8.99. The van der Waals surface area contributed by atoms with Crippen LogP contribution in [0.5, 0.6) is 0 Å². The van der Waals surface area contributed by atoms with Gasteiger partial charge in [0.1, 0.15) is 0 Å². The van der Waals surface area contributed by atoms with E-state index in [0.717, 1.165) is 18.9 Å². The molecule has 1 saturated carbocycles. The van der Waals surface area contributed by atoms with E-state index < -0.39 is 0 Å². The standard InChI is InChI=1S/C11H20N2/c1-4-11(7-12)13(9(2)3)8-10-5-6-10/h9-11H,4-6,8H2,1-3H3. The van der Waals surface area contributed by atoms with Crippen LogP contribution >= 0.6 is 0 Å². The molecule has 1 fully saturated rings. The Kier molecular flexibility index (Phi) is 3.74. The molecule has 1 unspecified atom stereocenters. The first-order valence-electron chi connectivity index (χ1n) is 5.34. The van der Waals surface area contributed by atoms with Crippen LogP contribution in [0.15, 0.2) is 0 Å². The van der Waals surface area contributed by atoms with Crippen molar-refractivity contribution >= 4 is 0 Å². The number of nitrogens with zero attached hydrogens (tertiary/aromatic N) is 2. The fourth-order valence-electron chi connectivity index (χ4n) is 1.70. The van der Waals surface area contributed by atoms with E-state index in [-0.39, 0.29) is 6.04 Å². The van der Waals surface area contributed by atoms with E-state index in [9.17, 15) is 0 Å². The molecule has 1 aliphatic rings. The van der Waals surface area contributed by atoms with E-state index in [4.69, 9.17) is 5.26 Å². The van der Waals surface area contributed by atoms with Crippen LogP contribution in [0.4, 0.5) is 0 Å². The van der Waals surface area contributed by atoms with Gasteiger partial charge < -0.3 is 0 Å². The molecule has 13 heavy (non-hydrogen) atoms. The molecule has 0 aliphatic heterocycles. The summed E-state index contributed by atoms with van der Waals surface area (Å²) in [5, 5.41) is 8.99. The van der Waals surface area contributed by atoms with Gasteiger partial charge >= 0.3 is 0 Å². The Morgan fingerprint density at radius 1 is 1.46 bits per heavy atom. The third kappa shape index (κ3) is 3.00. The van der Waals surface area contributed by atoms with Gasteiger partial charge in [-0.3, -0.25) is 4.90 Å². The molecule has 0 aromatic carbocycles. The summed E-state index contributed by atoms with van der Waals surface area (Å²) in [7, 11) is 0. The molecule has 1 aliphatic carbocycles. The van der Waals surface area contributed by atoms with E-state index in [1.807, 2.05) is 0 Å². The predicted molar refractivity (Wildman–Crippen MR) is 54.3 cm³/mol. The Labute approximate surface area is 81.5 Å². The molecule has 1 rings (SSSR count). The highest BCUT2D eigenvalue weighted by atomic mass is 15.2. The lowest BCUT2D eigenvalue weighted by Gasteiger charge is -2.30. The molecule has 0 radical (unpaired) electrons. The summed E-state index contributed by atoms with van der Waals surface area (Å²) in [5.74, 6) is 0.879. The SMILES string of the molecule is CCC(C#N)N(CC1CC1)C(C)C. The Morgan fingerprint density at radius 3 is 2.38 bits per heavy atom. The normalized spacial score (nSPS) is 19.1. The number of rotatable bonds is 5. The fraction of sp³-hybridized carbons (Fsp3) is 0.909. The van der Waals surface area contributed by atoms with Crippen LogP contribution in [-0.4, -0.2) is 23.5 Å². The molecule has 0 amide bonds. The van der Waals surface area contributed by atoms with E-state index in [2.05, 4.69) is 31.7 Å². The molecule has 1 atom stereocenters. The molecule has 0 bridgehead atoms. The van der Waals surface area contributed by atoms with Crippen molar-refractivity contribution in [3.8, 4) is 6.07 Å². The van der Waals surface area contributed by atoms with Gasteiger partial charge in [0.15, 0.2) is 0 Å². The van der Waals surface area contributed by atoms with E-state index in [1.54, 1.807) is 0 Å². The lowest BCUT2D eigenvalue weighted by Crippen LogP contribution is -2.40. The number of nitriles is 1. The molecule has 74 valence electrons. The van der Waals surface area contributed by atoms with Crippen molar-refractivity contribution in [3.05, 3.63) is 0 Å². The summed E-state index contributed by atoms with van der Waals surface area (Å²) < 4.78 is 0. The third-order valence-corrected chi connectivity index (χ3v) is 2.77. The zero-order valence-corrected chi connectivity index (χ0v) is 8.95. The van der Waals surface area contributed by atoms with Crippen LogP contribution in [0.25, 0.3) is 0 Å². The Morgan fingerprint density at radius 2 is 2.08 bits per heavy atom. The molecule has 0 saturated heterocycles. The van der Waals surface area contributed by atoms with Gasteiger partial charge in [0.25, 0.3) is 0 Å². The highest BCUT2D eigenvalue weighted by molar-refractivity contribution is 4.94. The van der Waals surface area contributed by atoms with Gasteiger partial charge in [-0.2, -0.15) is 5.26 Å². The first-order valence-corrected chi connectivity index (χ1v) is 5.34. The second kappa shape index (κ2) is 4.62. The van der Waals surface area contributed by atoms with Crippen LogP contribution < -0.4 is 0 Å². The monoisotopic (exact) mass is 180 g/mol. The summed E-state index contributed by atoms with van der Waals surface area (Å²) in [4.78, 5) is 2.34. The van der Waals surface area contributed by atoms with Gasteiger partial charge in [-0.15, -0.1) is 0 Å². The summed E-state index contributed by atoms with van der Waals surface area (Å²) >= 11 is 0. The van der Waals surface area contributed by atoms with Gasteiger partial charge in [-0.1, -0.05) is 6.92 Å². The van der Waals surface area contributed by atoms with Crippen molar-refractivity contribution in [2.45, 2.75) is 52.1 Å². The topological polar surface area (TPSA) is 27.0 Å². The number of hydrogen-bond donors (Lipinski definition) is 0. The van der Waals surface area contributed by atoms with Gasteiger partial charge in [-0.05, 0) is 39.0 Å². The predicted octanol–water partition coefficient (Wildman–Crippen LogP) is 2.41. The molecule has 0 aromatic heterocycles. The quantitative estimate of drug-likeness (QED) is 0.649. The molecule has 0 N–H and O–H groups in total. The zero-order chi connectivity index (χ0) is 9.84. The van der Waals surface area contributed by atoms with Crippen LogP contribution in [0, 0.1) is 17.2 Å². The van der Waals surface area contributed by atoms with Gasteiger partial charge in [-0.25, -0.2) is 0 Å². The molecular formula is C11H20N2. The van der Waals surface area contributed by atoms with Crippen LogP contribution in [0.3, 0.4) is 0 Å². The molecule has 2 nitrogen and oxygen atoms in total. The van der Waals surface area contributed by atoms with E-state index in [1.165, 1.54) is 12.8 Å². The average molecular weight is 180 g/mol.